The maximum atomic E-state index is 12.8. The van der Waals surface area contributed by atoms with Gasteiger partial charge in [0.1, 0.15) is 0 Å². The number of fused-ring (bicyclic) bond motifs is 2. The van der Waals surface area contributed by atoms with E-state index in [1.54, 1.807) is 23.6 Å². The summed E-state index contributed by atoms with van der Waals surface area (Å²) in [5.74, 6) is 0.545. The van der Waals surface area contributed by atoms with E-state index in [0.29, 0.717) is 38.5 Å². The van der Waals surface area contributed by atoms with Gasteiger partial charge in [-0.15, -0.1) is 11.8 Å². The van der Waals surface area contributed by atoms with Gasteiger partial charge >= 0.3 is 6.09 Å². The smallest absolute Gasteiger partial charge is 0.409 e. The summed E-state index contributed by atoms with van der Waals surface area (Å²) in [6.07, 6.45) is 4.15. The number of aromatic nitrogens is 1. The zero-order valence-electron chi connectivity index (χ0n) is 16.9. The Labute approximate surface area is 175 Å². The van der Waals surface area contributed by atoms with Gasteiger partial charge in [-0.3, -0.25) is 9.78 Å². The lowest BCUT2D eigenvalue weighted by Crippen LogP contribution is -2.51. The van der Waals surface area contributed by atoms with Gasteiger partial charge in [-0.2, -0.15) is 0 Å². The number of pyridine rings is 1. The summed E-state index contributed by atoms with van der Waals surface area (Å²) in [5.41, 5.74) is 3.55. The van der Waals surface area contributed by atoms with Crippen molar-refractivity contribution in [3.63, 3.8) is 0 Å². The number of carbonyl (C=O) groups excluding carboxylic acids is 2. The highest BCUT2D eigenvalue weighted by atomic mass is 32.2. The summed E-state index contributed by atoms with van der Waals surface area (Å²) in [4.78, 5) is 34.3. The third kappa shape index (κ3) is 4.34. The number of carbonyl (C=O) groups is 2. The second-order valence-corrected chi connectivity index (χ2v) is 8.43. The lowest BCUT2D eigenvalue weighted by Gasteiger charge is -2.34. The highest BCUT2D eigenvalue weighted by Gasteiger charge is 2.25. The summed E-state index contributed by atoms with van der Waals surface area (Å²) in [7, 11) is 0. The first kappa shape index (κ1) is 20.0. The molecule has 0 bridgehead atoms. The van der Waals surface area contributed by atoms with Gasteiger partial charge in [0.05, 0.1) is 17.9 Å². The topological polar surface area (TPSA) is 62.7 Å². The van der Waals surface area contributed by atoms with Gasteiger partial charge in [0.25, 0.3) is 0 Å². The fraction of sp³-hybridized carbons (Fsp3) is 0.500. The minimum atomic E-state index is -0.288. The van der Waals surface area contributed by atoms with Crippen molar-refractivity contribution in [3.05, 3.63) is 35.5 Å². The van der Waals surface area contributed by atoms with Crippen LogP contribution < -0.4 is 0 Å². The molecule has 154 valence electrons. The monoisotopic (exact) mass is 413 g/mol. The number of benzene rings is 1. The number of rotatable bonds is 4. The van der Waals surface area contributed by atoms with Crippen molar-refractivity contribution in [2.45, 2.75) is 37.5 Å². The van der Waals surface area contributed by atoms with Crippen LogP contribution in [0.2, 0.25) is 0 Å². The molecule has 0 unspecified atom stereocenters. The van der Waals surface area contributed by atoms with Gasteiger partial charge < -0.3 is 14.5 Å². The Morgan fingerprint density at radius 1 is 1.07 bits per heavy atom. The van der Waals surface area contributed by atoms with Crippen molar-refractivity contribution in [2.75, 3.05) is 38.5 Å². The molecule has 1 fully saturated rings. The fourth-order valence-corrected chi connectivity index (χ4v) is 5.24. The molecule has 2 amide bonds. The van der Waals surface area contributed by atoms with E-state index in [1.807, 2.05) is 17.0 Å². The summed E-state index contributed by atoms with van der Waals surface area (Å²) in [6, 6.07) is 8.24. The summed E-state index contributed by atoms with van der Waals surface area (Å²) in [5, 5.41) is 1.15. The SMILES string of the molecule is CCOC(=O)N1CCN(C(=O)CSc2c3c(nc4ccccc24)CCCC3)CC1. The zero-order chi connectivity index (χ0) is 20.2. The summed E-state index contributed by atoms with van der Waals surface area (Å²) < 4.78 is 5.05. The second-order valence-electron chi connectivity index (χ2n) is 7.45. The first-order valence-corrected chi connectivity index (χ1v) is 11.4. The average Bonchev–Trinajstić information content (AvgIpc) is 2.76. The van der Waals surface area contributed by atoms with Crippen molar-refractivity contribution in [3.8, 4) is 0 Å². The number of hydrogen-bond donors (Lipinski definition) is 0. The Morgan fingerprint density at radius 3 is 2.59 bits per heavy atom. The van der Waals surface area contributed by atoms with E-state index in [1.165, 1.54) is 29.0 Å². The molecule has 0 N–H and O–H groups in total. The minimum Gasteiger partial charge on any atom is -0.450 e. The average molecular weight is 414 g/mol. The molecule has 1 aliphatic carbocycles. The molecule has 4 rings (SSSR count). The van der Waals surface area contributed by atoms with Crippen LogP contribution in [0.4, 0.5) is 4.79 Å². The molecule has 1 aliphatic heterocycles. The van der Waals surface area contributed by atoms with Gasteiger partial charge in [0.15, 0.2) is 0 Å². The number of piperazine rings is 1. The van der Waals surface area contributed by atoms with Gasteiger partial charge in [-0.1, -0.05) is 18.2 Å². The number of amides is 2. The standard InChI is InChI=1S/C22H27N3O3S/c1-2-28-22(27)25-13-11-24(12-14-25)20(26)15-29-21-16-7-3-5-9-18(16)23-19-10-6-4-8-17(19)21/h3,5,7,9H,2,4,6,8,10-15H2,1H3. The van der Waals surface area contributed by atoms with Gasteiger partial charge in [0, 0.05) is 42.2 Å². The summed E-state index contributed by atoms with van der Waals surface area (Å²) in [6.45, 7) is 4.36. The van der Waals surface area contributed by atoms with Crippen LogP contribution in [0.5, 0.6) is 0 Å². The van der Waals surface area contributed by atoms with Gasteiger partial charge in [0.2, 0.25) is 5.91 Å². The molecule has 1 aromatic heterocycles. The fourth-order valence-electron chi connectivity index (χ4n) is 4.07. The van der Waals surface area contributed by atoms with Crippen LogP contribution in [0.3, 0.4) is 0 Å². The largest absolute Gasteiger partial charge is 0.450 e. The maximum absolute atomic E-state index is 12.8. The predicted molar refractivity (Wildman–Crippen MR) is 114 cm³/mol. The van der Waals surface area contributed by atoms with Crippen molar-refractivity contribution in [1.29, 1.82) is 0 Å². The van der Waals surface area contributed by atoms with Crippen molar-refractivity contribution < 1.29 is 14.3 Å². The molecule has 6 nitrogen and oxygen atoms in total. The maximum Gasteiger partial charge on any atom is 0.409 e. The van der Waals surface area contributed by atoms with E-state index < -0.39 is 0 Å². The van der Waals surface area contributed by atoms with E-state index in [-0.39, 0.29) is 12.0 Å². The Balaban J connectivity index is 1.44. The first-order valence-electron chi connectivity index (χ1n) is 10.4. The van der Waals surface area contributed by atoms with Crippen LogP contribution in [0, 0.1) is 0 Å². The molecule has 1 saturated heterocycles. The van der Waals surface area contributed by atoms with Gasteiger partial charge in [-0.05, 0) is 44.2 Å². The molecule has 0 radical (unpaired) electrons. The molecular weight excluding hydrogens is 386 g/mol. The molecule has 0 atom stereocenters. The predicted octanol–water partition coefficient (Wildman–Crippen LogP) is 3.51. The Morgan fingerprint density at radius 2 is 1.79 bits per heavy atom. The zero-order valence-corrected chi connectivity index (χ0v) is 17.7. The lowest BCUT2D eigenvalue weighted by atomic mass is 9.94. The van der Waals surface area contributed by atoms with E-state index in [9.17, 15) is 9.59 Å². The van der Waals surface area contributed by atoms with E-state index >= 15 is 0 Å². The number of para-hydroxylation sites is 1. The molecule has 29 heavy (non-hydrogen) atoms. The Kier molecular flexibility index (Phi) is 6.23. The van der Waals surface area contributed by atoms with E-state index in [0.717, 1.165) is 23.7 Å². The summed E-state index contributed by atoms with van der Waals surface area (Å²) >= 11 is 1.65. The van der Waals surface area contributed by atoms with E-state index in [4.69, 9.17) is 9.72 Å². The van der Waals surface area contributed by atoms with Gasteiger partial charge in [-0.25, -0.2) is 4.79 Å². The molecule has 0 saturated carbocycles. The van der Waals surface area contributed by atoms with Crippen LogP contribution in [-0.2, 0) is 22.4 Å². The number of aryl methyl sites for hydroxylation is 1. The lowest BCUT2D eigenvalue weighted by molar-refractivity contribution is -0.129. The minimum absolute atomic E-state index is 0.129. The van der Waals surface area contributed by atoms with Crippen molar-refractivity contribution >= 4 is 34.7 Å². The number of ether oxygens (including phenoxy) is 1. The van der Waals surface area contributed by atoms with Crippen LogP contribution in [0.25, 0.3) is 10.9 Å². The van der Waals surface area contributed by atoms with Crippen molar-refractivity contribution in [2.24, 2.45) is 0 Å². The highest BCUT2D eigenvalue weighted by molar-refractivity contribution is 8.00. The highest BCUT2D eigenvalue weighted by Crippen LogP contribution is 2.36. The molecule has 2 heterocycles. The molecule has 2 aliphatic rings. The molecule has 2 aromatic rings. The molecule has 1 aromatic carbocycles. The molecule has 7 heteroatoms. The Hall–Kier alpha value is -2.28. The van der Waals surface area contributed by atoms with E-state index in [2.05, 4.69) is 12.1 Å². The van der Waals surface area contributed by atoms with Crippen LogP contribution in [-0.4, -0.2) is 65.3 Å². The first-order chi connectivity index (χ1) is 14.2. The van der Waals surface area contributed by atoms with Crippen molar-refractivity contribution in [1.82, 2.24) is 14.8 Å². The molecular formula is C22H27N3O3S. The molecule has 0 spiro atoms. The third-order valence-corrected chi connectivity index (χ3v) is 6.76. The number of thioether (sulfide) groups is 1. The van der Waals surface area contributed by atoms with Crippen LogP contribution in [0.15, 0.2) is 29.2 Å². The quantitative estimate of drug-likeness (QED) is 0.718. The number of hydrogen-bond acceptors (Lipinski definition) is 5. The van der Waals surface area contributed by atoms with Crippen LogP contribution >= 0.6 is 11.8 Å². The normalized spacial score (nSPS) is 16.6. The Bertz CT molecular complexity index is 910. The van der Waals surface area contributed by atoms with Crippen LogP contribution in [0.1, 0.15) is 31.0 Å². The second kappa shape index (κ2) is 9.03. The number of nitrogens with zero attached hydrogens (tertiary/aromatic N) is 3. The third-order valence-electron chi connectivity index (χ3n) is 5.62.